The van der Waals surface area contributed by atoms with Crippen molar-refractivity contribution in [1.29, 1.82) is 5.26 Å². The highest BCUT2D eigenvalue weighted by Crippen LogP contribution is 2.18. The van der Waals surface area contributed by atoms with Gasteiger partial charge in [0, 0.05) is 5.56 Å². The molecule has 0 fully saturated rings. The Hall–Kier alpha value is -0.960. The van der Waals surface area contributed by atoms with Gasteiger partial charge in [0.1, 0.15) is 5.75 Å². The van der Waals surface area contributed by atoms with Crippen LogP contribution in [0.15, 0.2) is 24.3 Å². The molecule has 0 aliphatic rings. The Morgan fingerprint density at radius 2 is 2.17 bits per heavy atom. The smallest absolute Gasteiger partial charge is 0.189 e. The van der Waals surface area contributed by atoms with Gasteiger partial charge in [-0.05, 0) is 6.07 Å². The van der Waals surface area contributed by atoms with Gasteiger partial charge < -0.3 is 5.11 Å². The Labute approximate surface area is 84.7 Å². The van der Waals surface area contributed by atoms with Crippen LogP contribution in [-0.4, -0.2) is 8.22 Å². The molecule has 0 bridgehead atoms. The lowest BCUT2D eigenvalue weighted by Gasteiger charge is -2.06. The lowest BCUT2D eigenvalue weighted by Crippen LogP contribution is -2.02. The van der Waals surface area contributed by atoms with Gasteiger partial charge in [-0.3, -0.25) is 0 Å². The number of benzene rings is 1. The van der Waals surface area contributed by atoms with Crippen molar-refractivity contribution in [3.8, 4) is 11.9 Å². The zero-order valence-electron chi connectivity index (χ0n) is 6.24. The van der Waals surface area contributed by atoms with E-state index < -0.39 is 0 Å². The SMILES string of the molecule is N#CN(I)Cc1ccccc1O. The van der Waals surface area contributed by atoms with Crippen LogP contribution in [0.3, 0.4) is 0 Å². The number of rotatable bonds is 2. The molecule has 0 heterocycles. The van der Waals surface area contributed by atoms with Crippen LogP contribution in [0.1, 0.15) is 5.56 Å². The molecule has 62 valence electrons. The molecule has 1 rings (SSSR count). The van der Waals surface area contributed by atoms with Gasteiger partial charge in [0.15, 0.2) is 6.19 Å². The third-order valence-corrected chi connectivity index (χ3v) is 1.97. The first-order chi connectivity index (χ1) is 5.74. The van der Waals surface area contributed by atoms with Gasteiger partial charge in [-0.2, -0.15) is 5.26 Å². The Kier molecular flexibility index (Phi) is 3.17. The van der Waals surface area contributed by atoms with Crippen molar-refractivity contribution in [1.82, 2.24) is 3.11 Å². The highest BCUT2D eigenvalue weighted by molar-refractivity contribution is 14.1. The Bertz CT molecular complexity index is 308. The molecule has 1 aromatic carbocycles. The first kappa shape index (κ1) is 9.13. The normalized spacial score (nSPS) is 9.00. The summed E-state index contributed by atoms with van der Waals surface area (Å²) in [5, 5.41) is 17.8. The van der Waals surface area contributed by atoms with Gasteiger partial charge in [-0.25, -0.2) is 3.11 Å². The van der Waals surface area contributed by atoms with E-state index in [0.717, 1.165) is 5.56 Å². The van der Waals surface area contributed by atoms with Crippen molar-refractivity contribution in [2.45, 2.75) is 6.54 Å². The number of hydrogen-bond acceptors (Lipinski definition) is 3. The van der Waals surface area contributed by atoms with E-state index in [9.17, 15) is 5.11 Å². The van der Waals surface area contributed by atoms with Crippen LogP contribution in [0.25, 0.3) is 0 Å². The number of halogens is 1. The Morgan fingerprint density at radius 3 is 2.75 bits per heavy atom. The second-order valence-corrected chi connectivity index (χ2v) is 3.41. The van der Waals surface area contributed by atoms with E-state index in [1.807, 2.05) is 35.1 Å². The molecule has 1 aromatic rings. The second kappa shape index (κ2) is 4.16. The van der Waals surface area contributed by atoms with E-state index in [-0.39, 0.29) is 5.75 Å². The summed E-state index contributed by atoms with van der Waals surface area (Å²) in [4.78, 5) is 0. The summed E-state index contributed by atoms with van der Waals surface area (Å²) in [6.07, 6.45) is 1.95. The maximum absolute atomic E-state index is 9.32. The zero-order valence-corrected chi connectivity index (χ0v) is 8.39. The topological polar surface area (TPSA) is 47.3 Å². The third-order valence-electron chi connectivity index (χ3n) is 1.41. The minimum Gasteiger partial charge on any atom is -0.508 e. The number of phenolic OH excluding ortho intramolecular Hbond substituents is 1. The highest BCUT2D eigenvalue weighted by atomic mass is 127. The van der Waals surface area contributed by atoms with Crippen molar-refractivity contribution >= 4 is 22.9 Å². The molecular weight excluding hydrogens is 267 g/mol. The van der Waals surface area contributed by atoms with Gasteiger partial charge in [0.25, 0.3) is 0 Å². The molecule has 0 aliphatic heterocycles. The fourth-order valence-corrected chi connectivity index (χ4v) is 1.20. The van der Waals surface area contributed by atoms with Crippen molar-refractivity contribution in [3.05, 3.63) is 29.8 Å². The summed E-state index contributed by atoms with van der Waals surface area (Å²) in [7, 11) is 0. The lowest BCUT2D eigenvalue weighted by atomic mass is 10.2. The van der Waals surface area contributed by atoms with Crippen LogP contribution in [0.4, 0.5) is 0 Å². The molecule has 0 atom stereocenters. The van der Waals surface area contributed by atoms with E-state index in [2.05, 4.69) is 0 Å². The predicted molar refractivity (Wildman–Crippen MR) is 53.3 cm³/mol. The molecule has 4 heteroatoms. The molecule has 12 heavy (non-hydrogen) atoms. The quantitative estimate of drug-likeness (QED) is 0.388. The molecule has 0 saturated carbocycles. The molecule has 1 N–H and O–H groups in total. The number of nitriles is 1. The fourth-order valence-electron chi connectivity index (χ4n) is 0.829. The van der Waals surface area contributed by atoms with E-state index in [0.29, 0.717) is 6.54 Å². The summed E-state index contributed by atoms with van der Waals surface area (Å²) in [5.74, 6) is 0.231. The Morgan fingerprint density at radius 1 is 1.50 bits per heavy atom. The maximum Gasteiger partial charge on any atom is 0.189 e. The minimum atomic E-state index is 0.231. The van der Waals surface area contributed by atoms with Crippen molar-refractivity contribution in [2.75, 3.05) is 0 Å². The van der Waals surface area contributed by atoms with E-state index in [1.54, 1.807) is 18.2 Å². The number of hydrogen-bond donors (Lipinski definition) is 1. The summed E-state index contributed by atoms with van der Waals surface area (Å²) in [5.41, 5.74) is 0.758. The van der Waals surface area contributed by atoms with Crippen LogP contribution in [0.5, 0.6) is 5.75 Å². The van der Waals surface area contributed by atoms with Crippen molar-refractivity contribution in [3.63, 3.8) is 0 Å². The van der Waals surface area contributed by atoms with Crippen LogP contribution in [-0.2, 0) is 6.54 Å². The van der Waals surface area contributed by atoms with Crippen molar-refractivity contribution < 1.29 is 5.11 Å². The van der Waals surface area contributed by atoms with Gasteiger partial charge >= 0.3 is 0 Å². The van der Waals surface area contributed by atoms with Crippen LogP contribution in [0.2, 0.25) is 0 Å². The monoisotopic (exact) mass is 274 g/mol. The molecule has 3 nitrogen and oxygen atoms in total. The van der Waals surface area contributed by atoms with Gasteiger partial charge in [-0.15, -0.1) is 0 Å². The molecule has 0 aliphatic carbocycles. The minimum absolute atomic E-state index is 0.231. The largest absolute Gasteiger partial charge is 0.508 e. The van der Waals surface area contributed by atoms with E-state index in [4.69, 9.17) is 5.26 Å². The summed E-state index contributed by atoms with van der Waals surface area (Å²) < 4.78 is 1.42. The van der Waals surface area contributed by atoms with Gasteiger partial charge in [-0.1, -0.05) is 18.2 Å². The standard InChI is InChI=1S/C8H7IN2O/c9-11(6-10)5-7-3-1-2-4-8(7)12/h1-4,12H,5H2. The molecule has 0 unspecified atom stereocenters. The summed E-state index contributed by atoms with van der Waals surface area (Å²) in [6.45, 7) is 0.434. The molecular formula is C8H7IN2O. The lowest BCUT2D eigenvalue weighted by molar-refractivity contribution is 0.462. The van der Waals surface area contributed by atoms with Crippen LogP contribution < -0.4 is 0 Å². The Balaban J connectivity index is 2.77. The van der Waals surface area contributed by atoms with Crippen molar-refractivity contribution in [2.24, 2.45) is 0 Å². The molecule has 0 spiro atoms. The van der Waals surface area contributed by atoms with E-state index in [1.165, 1.54) is 3.11 Å². The van der Waals surface area contributed by atoms with Gasteiger partial charge in [0.05, 0.1) is 29.4 Å². The second-order valence-electron chi connectivity index (χ2n) is 2.25. The first-order valence-corrected chi connectivity index (χ1v) is 4.30. The highest BCUT2D eigenvalue weighted by Gasteiger charge is 2.02. The zero-order chi connectivity index (χ0) is 8.97. The predicted octanol–water partition coefficient (Wildman–Crippen LogP) is 2.03. The molecule has 0 radical (unpaired) electrons. The number of phenols is 1. The van der Waals surface area contributed by atoms with E-state index >= 15 is 0 Å². The summed E-state index contributed by atoms with van der Waals surface area (Å²) >= 11 is 1.89. The number of para-hydroxylation sites is 1. The molecule has 0 aromatic heterocycles. The molecule has 0 amide bonds. The summed E-state index contributed by atoms with van der Waals surface area (Å²) in [6, 6.07) is 6.98. The number of nitrogens with zero attached hydrogens (tertiary/aromatic N) is 2. The maximum atomic E-state index is 9.32. The third kappa shape index (κ3) is 2.27. The van der Waals surface area contributed by atoms with Gasteiger partial charge in [0.2, 0.25) is 0 Å². The average Bonchev–Trinajstić information content (AvgIpc) is 2.09. The van der Waals surface area contributed by atoms with Crippen LogP contribution >= 0.6 is 22.9 Å². The molecule has 0 saturated heterocycles. The average molecular weight is 274 g/mol. The number of aromatic hydroxyl groups is 1. The fraction of sp³-hybridized carbons (Fsp3) is 0.125. The van der Waals surface area contributed by atoms with Crippen LogP contribution in [0, 0.1) is 11.5 Å². The first-order valence-electron chi connectivity index (χ1n) is 3.34.